The predicted molar refractivity (Wildman–Crippen MR) is 80.4 cm³/mol. The summed E-state index contributed by atoms with van der Waals surface area (Å²) in [6, 6.07) is 3.25. The van der Waals surface area contributed by atoms with E-state index in [1.54, 1.807) is 12.1 Å². The maximum absolute atomic E-state index is 8.69. The lowest BCUT2D eigenvalue weighted by Gasteiger charge is -2.09. The molecule has 94 valence electrons. The first kappa shape index (κ1) is 15.2. The Morgan fingerprint density at radius 2 is 2.11 bits per heavy atom. The number of hydrogen-bond acceptors (Lipinski definition) is 4. The zero-order valence-electron chi connectivity index (χ0n) is 8.56. The van der Waals surface area contributed by atoms with Crippen LogP contribution in [0.25, 0.3) is 0 Å². The fraction of sp³-hybridized carbons (Fsp3) is 0. The number of hydrogen-bond donors (Lipinski definition) is 3. The van der Waals surface area contributed by atoms with Gasteiger partial charge in [-0.2, -0.15) is 10.4 Å². The van der Waals surface area contributed by atoms with E-state index in [-0.39, 0.29) is 5.71 Å². The summed E-state index contributed by atoms with van der Waals surface area (Å²) in [6.07, 6.45) is 0. The standard InChI is InChI=1S/C9H5Br2Cl2N5/c10-3-1-4(12)8(6(11)7(3)13)18-17-5(2-14)9(15)16/h1,18H,(H3,15,16)/b17-5+. The van der Waals surface area contributed by atoms with Crippen molar-refractivity contribution in [2.24, 2.45) is 10.8 Å². The van der Waals surface area contributed by atoms with Crippen LogP contribution in [0.4, 0.5) is 5.69 Å². The summed E-state index contributed by atoms with van der Waals surface area (Å²) < 4.78 is 1.09. The van der Waals surface area contributed by atoms with Crippen molar-refractivity contribution >= 4 is 72.3 Å². The van der Waals surface area contributed by atoms with Gasteiger partial charge >= 0.3 is 0 Å². The van der Waals surface area contributed by atoms with Crippen molar-refractivity contribution in [1.82, 2.24) is 0 Å². The number of amidine groups is 1. The first-order valence-corrected chi connectivity index (χ1v) is 6.63. The molecule has 5 nitrogen and oxygen atoms in total. The van der Waals surface area contributed by atoms with Gasteiger partial charge < -0.3 is 5.73 Å². The molecular formula is C9H5Br2Cl2N5. The van der Waals surface area contributed by atoms with E-state index in [0.29, 0.717) is 24.7 Å². The van der Waals surface area contributed by atoms with Crippen LogP contribution in [0.15, 0.2) is 20.1 Å². The van der Waals surface area contributed by atoms with Gasteiger partial charge in [0.05, 0.1) is 20.2 Å². The number of rotatable bonds is 3. The molecule has 0 bridgehead atoms. The van der Waals surface area contributed by atoms with E-state index in [4.69, 9.17) is 39.6 Å². The number of halogens is 4. The molecule has 4 N–H and O–H groups in total. The van der Waals surface area contributed by atoms with Crippen LogP contribution in [0.3, 0.4) is 0 Å². The van der Waals surface area contributed by atoms with E-state index in [2.05, 4.69) is 42.4 Å². The van der Waals surface area contributed by atoms with Crippen LogP contribution in [0, 0.1) is 16.7 Å². The third-order valence-electron chi connectivity index (χ3n) is 1.75. The molecule has 18 heavy (non-hydrogen) atoms. The molecule has 0 atom stereocenters. The molecule has 0 aromatic heterocycles. The van der Waals surface area contributed by atoms with Gasteiger partial charge in [0.25, 0.3) is 0 Å². The molecule has 1 aromatic rings. The van der Waals surface area contributed by atoms with Crippen molar-refractivity contribution in [3.63, 3.8) is 0 Å². The molecule has 0 saturated heterocycles. The van der Waals surface area contributed by atoms with Gasteiger partial charge in [0.1, 0.15) is 6.07 Å². The molecule has 0 amide bonds. The molecule has 0 unspecified atom stereocenters. The molecule has 0 saturated carbocycles. The third-order valence-corrected chi connectivity index (χ3v) is 4.32. The molecule has 9 heteroatoms. The Balaban J connectivity index is 3.18. The SMILES string of the molecule is N#C/C(=N\Nc1c(Cl)cc(Br)c(Cl)c1Br)C(=N)N. The normalized spacial score (nSPS) is 10.9. The first-order chi connectivity index (χ1) is 8.38. The number of nitrogens with two attached hydrogens (primary N) is 1. The van der Waals surface area contributed by atoms with Crippen molar-refractivity contribution in [2.45, 2.75) is 0 Å². The Labute approximate surface area is 130 Å². The van der Waals surface area contributed by atoms with Crippen molar-refractivity contribution in [2.75, 3.05) is 5.43 Å². The zero-order chi connectivity index (χ0) is 13.9. The number of nitrogens with zero attached hydrogens (tertiary/aromatic N) is 2. The number of nitrogens with one attached hydrogen (secondary N) is 2. The summed E-state index contributed by atoms with van der Waals surface area (Å²) in [5.41, 5.74) is 7.82. The molecular weight excluding hydrogens is 409 g/mol. The van der Waals surface area contributed by atoms with Crippen molar-refractivity contribution in [1.29, 1.82) is 10.7 Å². The van der Waals surface area contributed by atoms with Crippen LogP contribution in [0.5, 0.6) is 0 Å². The number of nitriles is 1. The molecule has 0 radical (unpaired) electrons. The summed E-state index contributed by atoms with van der Waals surface area (Å²) in [5.74, 6) is -0.444. The third kappa shape index (κ3) is 3.36. The highest BCUT2D eigenvalue weighted by Crippen LogP contribution is 2.41. The number of hydrazone groups is 1. The Hall–Kier alpha value is -0.810. The van der Waals surface area contributed by atoms with E-state index in [1.807, 2.05) is 0 Å². The van der Waals surface area contributed by atoms with Gasteiger partial charge in [-0.3, -0.25) is 10.8 Å². The lowest BCUT2D eigenvalue weighted by atomic mass is 10.3. The molecule has 0 spiro atoms. The Morgan fingerprint density at radius 3 is 2.61 bits per heavy atom. The Kier molecular flexibility index (Phi) is 5.41. The minimum absolute atomic E-state index is 0.253. The molecule has 0 heterocycles. The lowest BCUT2D eigenvalue weighted by Crippen LogP contribution is -2.21. The predicted octanol–water partition coefficient (Wildman–Crippen LogP) is 3.75. The molecule has 0 aliphatic heterocycles. The topological polar surface area (TPSA) is 98.0 Å². The Bertz CT molecular complexity index is 579. The van der Waals surface area contributed by atoms with Gasteiger partial charge in [0, 0.05) is 4.47 Å². The van der Waals surface area contributed by atoms with E-state index in [9.17, 15) is 0 Å². The Morgan fingerprint density at radius 1 is 1.50 bits per heavy atom. The largest absolute Gasteiger partial charge is 0.382 e. The van der Waals surface area contributed by atoms with Gasteiger partial charge in [-0.1, -0.05) is 23.2 Å². The van der Waals surface area contributed by atoms with Crippen molar-refractivity contribution in [3.8, 4) is 6.07 Å². The summed E-state index contributed by atoms with van der Waals surface area (Å²) in [4.78, 5) is 0. The van der Waals surface area contributed by atoms with E-state index in [0.717, 1.165) is 0 Å². The average molecular weight is 414 g/mol. The van der Waals surface area contributed by atoms with Gasteiger partial charge in [-0.25, -0.2) is 0 Å². The van der Waals surface area contributed by atoms with Crippen molar-refractivity contribution in [3.05, 3.63) is 25.1 Å². The summed E-state index contributed by atoms with van der Waals surface area (Å²) in [5, 5.41) is 20.2. The van der Waals surface area contributed by atoms with E-state index in [1.165, 1.54) is 0 Å². The zero-order valence-corrected chi connectivity index (χ0v) is 13.2. The van der Waals surface area contributed by atoms with Crippen LogP contribution in [-0.4, -0.2) is 11.5 Å². The second kappa shape index (κ2) is 6.38. The van der Waals surface area contributed by atoms with Gasteiger partial charge in [-0.05, 0) is 37.9 Å². The van der Waals surface area contributed by atoms with Gasteiger partial charge in [-0.15, -0.1) is 0 Å². The smallest absolute Gasteiger partial charge is 0.201 e. The quantitative estimate of drug-likeness (QED) is 0.231. The monoisotopic (exact) mass is 411 g/mol. The highest BCUT2D eigenvalue weighted by molar-refractivity contribution is 9.11. The van der Waals surface area contributed by atoms with Crippen LogP contribution in [-0.2, 0) is 0 Å². The van der Waals surface area contributed by atoms with Gasteiger partial charge in [0.15, 0.2) is 5.84 Å². The summed E-state index contributed by atoms with van der Waals surface area (Å²) in [7, 11) is 0. The van der Waals surface area contributed by atoms with Crippen LogP contribution >= 0.6 is 55.1 Å². The fourth-order valence-corrected chi connectivity index (χ4v) is 2.78. The van der Waals surface area contributed by atoms with Crippen molar-refractivity contribution < 1.29 is 0 Å². The second-order valence-electron chi connectivity index (χ2n) is 2.94. The maximum atomic E-state index is 8.69. The van der Waals surface area contributed by atoms with E-state index >= 15 is 0 Å². The first-order valence-electron chi connectivity index (χ1n) is 4.29. The highest BCUT2D eigenvalue weighted by Gasteiger charge is 2.13. The minimum Gasteiger partial charge on any atom is -0.382 e. The minimum atomic E-state index is -0.444. The maximum Gasteiger partial charge on any atom is 0.201 e. The average Bonchev–Trinajstić information content (AvgIpc) is 2.30. The summed E-state index contributed by atoms with van der Waals surface area (Å²) in [6.45, 7) is 0. The fourth-order valence-electron chi connectivity index (χ4n) is 0.926. The number of benzene rings is 1. The molecule has 1 rings (SSSR count). The summed E-state index contributed by atoms with van der Waals surface area (Å²) >= 11 is 18.5. The van der Waals surface area contributed by atoms with Crippen LogP contribution in [0.2, 0.25) is 10.0 Å². The van der Waals surface area contributed by atoms with Crippen LogP contribution in [0.1, 0.15) is 0 Å². The molecule has 0 aliphatic carbocycles. The lowest BCUT2D eigenvalue weighted by molar-refractivity contribution is 1.32. The van der Waals surface area contributed by atoms with Gasteiger partial charge in [0.2, 0.25) is 5.71 Å². The molecule has 0 fully saturated rings. The molecule has 1 aromatic carbocycles. The van der Waals surface area contributed by atoms with E-state index < -0.39 is 5.84 Å². The molecule has 0 aliphatic rings. The number of anilines is 1. The second-order valence-corrected chi connectivity index (χ2v) is 5.37. The van der Waals surface area contributed by atoms with Crippen LogP contribution < -0.4 is 11.2 Å². The highest BCUT2D eigenvalue weighted by atomic mass is 79.9.